The Labute approximate surface area is 173 Å². The van der Waals surface area contributed by atoms with Crippen LogP contribution < -0.4 is 5.56 Å². The molecule has 0 spiro atoms. The average molecular weight is 409 g/mol. The number of H-pyrrole nitrogens is 1. The van der Waals surface area contributed by atoms with Gasteiger partial charge in [0, 0.05) is 22.4 Å². The first-order chi connectivity index (χ1) is 13.3. The Kier molecular flexibility index (Phi) is 4.86. The summed E-state index contributed by atoms with van der Waals surface area (Å²) in [5.41, 5.74) is 4.26. The van der Waals surface area contributed by atoms with Crippen LogP contribution in [0.5, 0.6) is 0 Å². The van der Waals surface area contributed by atoms with Crippen LogP contribution in [0, 0.1) is 0 Å². The Morgan fingerprint density at radius 2 is 1.86 bits per heavy atom. The molecule has 5 heteroatoms. The van der Waals surface area contributed by atoms with Crippen LogP contribution in [0.4, 0.5) is 0 Å². The molecule has 0 saturated heterocycles. The number of nitrogens with one attached hydrogen (secondary N) is 1. The normalized spacial score (nSPS) is 11.9. The molecule has 2 heterocycles. The molecule has 2 aromatic carbocycles. The van der Waals surface area contributed by atoms with Crippen molar-refractivity contribution in [2.75, 3.05) is 0 Å². The molecule has 0 amide bonds. The number of halogens is 1. The highest BCUT2D eigenvalue weighted by Crippen LogP contribution is 2.32. The van der Waals surface area contributed by atoms with Gasteiger partial charge in [-0.1, -0.05) is 68.8 Å². The third-order valence-corrected chi connectivity index (χ3v) is 5.92. The van der Waals surface area contributed by atoms with Crippen molar-refractivity contribution in [2.45, 2.75) is 32.6 Å². The van der Waals surface area contributed by atoms with Crippen LogP contribution in [0.15, 0.2) is 58.7 Å². The molecule has 0 atom stereocenters. The van der Waals surface area contributed by atoms with Gasteiger partial charge >= 0.3 is 0 Å². The summed E-state index contributed by atoms with van der Waals surface area (Å²) >= 11 is 7.56. The number of benzene rings is 2. The van der Waals surface area contributed by atoms with E-state index in [0.29, 0.717) is 22.7 Å². The van der Waals surface area contributed by atoms with Crippen LogP contribution in [-0.4, -0.2) is 9.97 Å². The molecule has 142 valence electrons. The number of aromatic amines is 1. The van der Waals surface area contributed by atoms with Gasteiger partial charge < -0.3 is 4.98 Å². The van der Waals surface area contributed by atoms with Gasteiger partial charge in [-0.15, -0.1) is 11.3 Å². The van der Waals surface area contributed by atoms with E-state index in [1.54, 1.807) is 0 Å². The minimum Gasteiger partial charge on any atom is -0.310 e. The smallest absolute Gasteiger partial charge is 0.260 e. The maximum absolute atomic E-state index is 12.8. The molecule has 4 rings (SSSR count). The lowest BCUT2D eigenvalue weighted by Crippen LogP contribution is -2.12. The molecule has 0 aliphatic heterocycles. The molecule has 0 unspecified atom stereocenters. The van der Waals surface area contributed by atoms with E-state index in [0.717, 1.165) is 21.5 Å². The second-order valence-corrected chi connectivity index (χ2v) is 9.27. The zero-order chi connectivity index (χ0) is 19.9. The number of nitrogens with zero attached hydrogens (tertiary/aromatic N) is 1. The molecule has 0 fully saturated rings. The average Bonchev–Trinajstić information content (AvgIpc) is 3.05. The number of fused-ring (bicyclic) bond motifs is 1. The van der Waals surface area contributed by atoms with E-state index < -0.39 is 0 Å². The molecule has 3 nitrogen and oxygen atoms in total. The Morgan fingerprint density at radius 3 is 2.54 bits per heavy atom. The molecular weight excluding hydrogens is 388 g/mol. The largest absolute Gasteiger partial charge is 0.310 e. The maximum Gasteiger partial charge on any atom is 0.260 e. The fourth-order valence-corrected chi connectivity index (χ4v) is 4.46. The van der Waals surface area contributed by atoms with Crippen LogP contribution in [0.25, 0.3) is 21.3 Å². The van der Waals surface area contributed by atoms with E-state index in [9.17, 15) is 4.79 Å². The van der Waals surface area contributed by atoms with Gasteiger partial charge in [0.1, 0.15) is 10.7 Å². The topological polar surface area (TPSA) is 45.8 Å². The van der Waals surface area contributed by atoms with Crippen molar-refractivity contribution in [1.82, 2.24) is 9.97 Å². The van der Waals surface area contributed by atoms with Gasteiger partial charge in [-0.3, -0.25) is 4.79 Å². The monoisotopic (exact) mass is 408 g/mol. The zero-order valence-electron chi connectivity index (χ0n) is 16.0. The van der Waals surface area contributed by atoms with Crippen molar-refractivity contribution in [3.05, 3.63) is 86.2 Å². The third kappa shape index (κ3) is 3.75. The van der Waals surface area contributed by atoms with Crippen LogP contribution in [0.1, 0.15) is 37.7 Å². The number of aromatic nitrogens is 2. The quantitative estimate of drug-likeness (QED) is 0.439. The van der Waals surface area contributed by atoms with Gasteiger partial charge in [0.2, 0.25) is 0 Å². The second kappa shape index (κ2) is 7.19. The molecule has 0 bridgehead atoms. The van der Waals surface area contributed by atoms with Crippen LogP contribution in [0.2, 0.25) is 5.02 Å². The van der Waals surface area contributed by atoms with E-state index in [4.69, 9.17) is 11.6 Å². The molecule has 0 saturated carbocycles. The highest BCUT2D eigenvalue weighted by atomic mass is 35.5. The molecule has 28 heavy (non-hydrogen) atoms. The standard InChI is InChI=1S/C23H21ClN2OS/c1-23(2,3)16-9-7-15(8-10-16)18-13-28-22-20(18)21(27)25-19(26-22)12-14-5-4-6-17(24)11-14/h4-11,13H,12H2,1-3H3,(H,25,26,27). The van der Waals surface area contributed by atoms with Gasteiger partial charge in [0.05, 0.1) is 5.39 Å². The number of hydrogen-bond donors (Lipinski definition) is 1. The van der Waals surface area contributed by atoms with E-state index in [1.165, 1.54) is 16.9 Å². The summed E-state index contributed by atoms with van der Waals surface area (Å²) in [7, 11) is 0. The Morgan fingerprint density at radius 1 is 1.11 bits per heavy atom. The number of thiophene rings is 1. The first kappa shape index (κ1) is 18.9. The zero-order valence-corrected chi connectivity index (χ0v) is 17.6. The van der Waals surface area contributed by atoms with Gasteiger partial charge in [0.25, 0.3) is 5.56 Å². The lowest BCUT2D eigenvalue weighted by atomic mass is 9.86. The second-order valence-electron chi connectivity index (χ2n) is 7.98. The van der Waals surface area contributed by atoms with E-state index in [2.05, 4.69) is 55.0 Å². The molecule has 0 aliphatic rings. The predicted molar refractivity (Wildman–Crippen MR) is 119 cm³/mol. The highest BCUT2D eigenvalue weighted by molar-refractivity contribution is 7.17. The van der Waals surface area contributed by atoms with Crippen LogP contribution in [0.3, 0.4) is 0 Å². The van der Waals surface area contributed by atoms with Gasteiger partial charge in [0.15, 0.2) is 0 Å². The van der Waals surface area contributed by atoms with Crippen molar-refractivity contribution in [3.63, 3.8) is 0 Å². The van der Waals surface area contributed by atoms with Crippen LogP contribution >= 0.6 is 22.9 Å². The minimum atomic E-state index is -0.0989. The van der Waals surface area contributed by atoms with Gasteiger partial charge in [-0.25, -0.2) is 4.98 Å². The van der Waals surface area contributed by atoms with Crippen molar-refractivity contribution in [2.24, 2.45) is 0 Å². The fourth-order valence-electron chi connectivity index (χ4n) is 3.28. The summed E-state index contributed by atoms with van der Waals surface area (Å²) in [5, 5.41) is 3.35. The van der Waals surface area contributed by atoms with Gasteiger partial charge in [-0.2, -0.15) is 0 Å². The molecule has 2 aromatic heterocycles. The number of hydrogen-bond acceptors (Lipinski definition) is 3. The van der Waals surface area contributed by atoms with Crippen molar-refractivity contribution >= 4 is 33.2 Å². The summed E-state index contributed by atoms with van der Waals surface area (Å²) in [6, 6.07) is 16.0. The van der Waals surface area contributed by atoms with Gasteiger partial charge in [-0.05, 0) is 34.2 Å². The highest BCUT2D eigenvalue weighted by Gasteiger charge is 2.16. The summed E-state index contributed by atoms with van der Waals surface area (Å²) < 4.78 is 0. The van der Waals surface area contributed by atoms with Crippen molar-refractivity contribution < 1.29 is 0 Å². The molecule has 0 aliphatic carbocycles. The van der Waals surface area contributed by atoms with Crippen LogP contribution in [-0.2, 0) is 11.8 Å². The molecule has 1 N–H and O–H groups in total. The Hall–Kier alpha value is -2.43. The maximum atomic E-state index is 12.8. The lowest BCUT2D eigenvalue weighted by Gasteiger charge is -2.19. The lowest BCUT2D eigenvalue weighted by molar-refractivity contribution is 0.590. The Balaban J connectivity index is 1.72. The van der Waals surface area contributed by atoms with E-state index in [1.807, 2.05) is 29.6 Å². The summed E-state index contributed by atoms with van der Waals surface area (Å²) in [5.74, 6) is 0.649. The third-order valence-electron chi connectivity index (χ3n) is 4.82. The molecular formula is C23H21ClN2OS. The summed E-state index contributed by atoms with van der Waals surface area (Å²) in [4.78, 5) is 21.2. The summed E-state index contributed by atoms with van der Waals surface area (Å²) in [6.07, 6.45) is 0.541. The molecule has 4 aromatic rings. The van der Waals surface area contributed by atoms with Crippen molar-refractivity contribution in [1.29, 1.82) is 0 Å². The molecule has 0 radical (unpaired) electrons. The predicted octanol–water partition coefficient (Wildman–Crippen LogP) is 6.19. The Bertz CT molecular complexity index is 1200. The van der Waals surface area contributed by atoms with E-state index >= 15 is 0 Å². The fraction of sp³-hybridized carbons (Fsp3) is 0.217. The first-order valence-electron chi connectivity index (χ1n) is 9.17. The SMILES string of the molecule is CC(C)(C)c1ccc(-c2csc3nc(Cc4cccc(Cl)c4)[nH]c(=O)c23)cc1. The number of rotatable bonds is 3. The summed E-state index contributed by atoms with van der Waals surface area (Å²) in [6.45, 7) is 6.58. The van der Waals surface area contributed by atoms with Crippen molar-refractivity contribution in [3.8, 4) is 11.1 Å². The van der Waals surface area contributed by atoms with E-state index in [-0.39, 0.29) is 11.0 Å². The minimum absolute atomic E-state index is 0.0989. The first-order valence-corrected chi connectivity index (χ1v) is 10.4.